The van der Waals surface area contributed by atoms with Crippen LogP contribution < -0.4 is 0 Å². The summed E-state index contributed by atoms with van der Waals surface area (Å²) in [6, 6.07) is 8.46. The molecule has 0 aliphatic heterocycles. The van der Waals surface area contributed by atoms with Crippen LogP contribution in [0.2, 0.25) is 0 Å². The summed E-state index contributed by atoms with van der Waals surface area (Å²) in [5, 5.41) is 9.19. The van der Waals surface area contributed by atoms with Gasteiger partial charge in [0, 0.05) is 12.8 Å². The molecule has 1 rings (SSSR count). The number of alkyl halides is 3. The van der Waals surface area contributed by atoms with Crippen molar-refractivity contribution in [3.8, 4) is 0 Å². The predicted molar refractivity (Wildman–Crippen MR) is 71.0 cm³/mol. The van der Waals surface area contributed by atoms with Crippen molar-refractivity contribution in [1.29, 1.82) is 0 Å². The highest BCUT2D eigenvalue weighted by molar-refractivity contribution is 6.19. The monoisotopic (exact) mass is 301 g/mol. The molecule has 0 bridgehead atoms. The van der Waals surface area contributed by atoms with Gasteiger partial charge in [-0.15, -0.1) is 0 Å². The number of ether oxygens (including phenoxy) is 1. The summed E-state index contributed by atoms with van der Waals surface area (Å²) in [6.45, 7) is 0.979. The minimum absolute atomic E-state index is 0.203. The molecule has 0 fully saturated rings. The number of esters is 1. The number of carbonyl (C=O) groups is 1. The number of aliphatic imine (C=N–C) groups is 1. The Labute approximate surface area is 119 Å². The molecule has 0 atom stereocenters. The number of rotatable bonds is 4. The molecule has 4 nitrogen and oxygen atoms in total. The fourth-order valence-electron chi connectivity index (χ4n) is 1.46. The van der Waals surface area contributed by atoms with Crippen molar-refractivity contribution in [2.45, 2.75) is 19.7 Å². The summed E-state index contributed by atoms with van der Waals surface area (Å²) in [5.74, 6) is -3.29. The van der Waals surface area contributed by atoms with E-state index in [4.69, 9.17) is 4.74 Å². The first-order chi connectivity index (χ1) is 9.77. The van der Waals surface area contributed by atoms with Crippen LogP contribution in [0.15, 0.2) is 46.7 Å². The highest BCUT2D eigenvalue weighted by Crippen LogP contribution is 2.27. The lowest BCUT2D eigenvalue weighted by Crippen LogP contribution is -2.23. The lowest BCUT2D eigenvalue weighted by Gasteiger charge is -2.12. The van der Waals surface area contributed by atoms with Gasteiger partial charge in [0.1, 0.15) is 12.2 Å². The molecule has 0 aliphatic rings. The van der Waals surface area contributed by atoms with Crippen molar-refractivity contribution < 1.29 is 27.8 Å². The number of halogens is 3. The first kappa shape index (κ1) is 16.7. The van der Waals surface area contributed by atoms with E-state index in [-0.39, 0.29) is 12.3 Å². The van der Waals surface area contributed by atoms with Gasteiger partial charge in [-0.1, -0.05) is 30.3 Å². The third kappa shape index (κ3) is 4.62. The van der Waals surface area contributed by atoms with E-state index in [0.717, 1.165) is 0 Å². The molecule has 0 unspecified atom stereocenters. The molecule has 0 saturated heterocycles. The standard InChI is InChI=1S/C14H14F3NO3/c1-9(18-2)11(12(19)14(15,16)17)13(20)21-8-10-6-4-3-5-7-10/h3-7,19H,8H2,1-2H3. The van der Waals surface area contributed by atoms with Crippen LogP contribution in [-0.4, -0.2) is 30.0 Å². The van der Waals surface area contributed by atoms with Crippen molar-refractivity contribution in [1.82, 2.24) is 0 Å². The molecule has 114 valence electrons. The van der Waals surface area contributed by atoms with E-state index >= 15 is 0 Å². The van der Waals surface area contributed by atoms with Crippen LogP contribution in [-0.2, 0) is 16.1 Å². The summed E-state index contributed by atoms with van der Waals surface area (Å²) in [5.41, 5.74) is -0.633. The molecule has 1 N–H and O–H groups in total. The molecule has 7 heteroatoms. The zero-order valence-electron chi connectivity index (χ0n) is 11.4. The number of nitrogens with zero attached hydrogens (tertiary/aromatic N) is 1. The van der Waals surface area contributed by atoms with E-state index in [1.54, 1.807) is 30.3 Å². The summed E-state index contributed by atoms with van der Waals surface area (Å²) >= 11 is 0. The summed E-state index contributed by atoms with van der Waals surface area (Å²) < 4.78 is 42.4. The van der Waals surface area contributed by atoms with Crippen molar-refractivity contribution in [3.05, 3.63) is 47.2 Å². The van der Waals surface area contributed by atoms with Crippen LogP contribution >= 0.6 is 0 Å². The average Bonchev–Trinajstić information content (AvgIpc) is 2.45. The van der Waals surface area contributed by atoms with E-state index in [1.807, 2.05) is 0 Å². The van der Waals surface area contributed by atoms with Crippen molar-refractivity contribution >= 4 is 11.7 Å². The second kappa shape index (κ2) is 6.92. The molecule has 0 aromatic heterocycles. The zero-order chi connectivity index (χ0) is 16.0. The van der Waals surface area contributed by atoms with E-state index in [1.165, 1.54) is 14.0 Å². The minimum atomic E-state index is -5.05. The SMILES string of the molecule is CN=C(C)C(C(=O)OCc1ccccc1)=C(O)C(F)(F)F. The third-order valence-corrected chi connectivity index (χ3v) is 2.62. The molecule has 0 spiro atoms. The lowest BCUT2D eigenvalue weighted by atomic mass is 10.1. The molecule has 0 radical (unpaired) electrons. The largest absolute Gasteiger partial charge is 0.504 e. The maximum absolute atomic E-state index is 12.5. The van der Waals surface area contributed by atoms with E-state index in [2.05, 4.69) is 4.99 Å². The van der Waals surface area contributed by atoms with Gasteiger partial charge in [-0.2, -0.15) is 13.2 Å². The van der Waals surface area contributed by atoms with Crippen LogP contribution in [0.3, 0.4) is 0 Å². The topological polar surface area (TPSA) is 58.9 Å². The van der Waals surface area contributed by atoms with Crippen LogP contribution in [0.1, 0.15) is 12.5 Å². The average molecular weight is 301 g/mol. The van der Waals surface area contributed by atoms with Gasteiger partial charge < -0.3 is 9.84 Å². The number of hydrogen-bond acceptors (Lipinski definition) is 4. The van der Waals surface area contributed by atoms with Crippen molar-refractivity contribution in [3.63, 3.8) is 0 Å². The Kier molecular flexibility index (Phi) is 5.52. The fourth-order valence-corrected chi connectivity index (χ4v) is 1.46. The van der Waals surface area contributed by atoms with Crippen LogP contribution in [0.5, 0.6) is 0 Å². The minimum Gasteiger partial charge on any atom is -0.504 e. The maximum Gasteiger partial charge on any atom is 0.449 e. The van der Waals surface area contributed by atoms with E-state index < -0.39 is 23.5 Å². The van der Waals surface area contributed by atoms with Gasteiger partial charge in [0.25, 0.3) is 0 Å². The Hall–Kier alpha value is -2.31. The molecule has 0 saturated carbocycles. The van der Waals surface area contributed by atoms with Gasteiger partial charge in [-0.05, 0) is 12.5 Å². The van der Waals surface area contributed by atoms with Gasteiger partial charge in [0.2, 0.25) is 5.76 Å². The van der Waals surface area contributed by atoms with Gasteiger partial charge >= 0.3 is 12.1 Å². The molecule has 0 heterocycles. The summed E-state index contributed by atoms with van der Waals surface area (Å²) in [7, 11) is 1.21. The van der Waals surface area contributed by atoms with Gasteiger partial charge in [0.05, 0.1) is 0 Å². The molecule has 21 heavy (non-hydrogen) atoms. The number of hydrogen-bond donors (Lipinski definition) is 1. The first-order valence-electron chi connectivity index (χ1n) is 5.92. The Bertz CT molecular complexity index is 563. The molecule has 1 aromatic carbocycles. The quantitative estimate of drug-likeness (QED) is 0.402. The highest BCUT2D eigenvalue weighted by Gasteiger charge is 2.40. The lowest BCUT2D eigenvalue weighted by molar-refractivity contribution is -0.143. The van der Waals surface area contributed by atoms with E-state index in [0.29, 0.717) is 5.56 Å². The number of carbonyl (C=O) groups excluding carboxylic acids is 1. The number of aliphatic hydroxyl groups is 1. The summed E-state index contributed by atoms with van der Waals surface area (Å²) in [4.78, 5) is 15.3. The van der Waals surface area contributed by atoms with Crippen LogP contribution in [0.4, 0.5) is 13.2 Å². The highest BCUT2D eigenvalue weighted by atomic mass is 19.4. The maximum atomic E-state index is 12.5. The predicted octanol–water partition coefficient (Wildman–Crippen LogP) is 3.19. The molecular weight excluding hydrogens is 287 g/mol. The normalized spacial score (nSPS) is 13.7. The molecule has 0 amide bonds. The van der Waals surface area contributed by atoms with Crippen LogP contribution in [0, 0.1) is 0 Å². The fraction of sp³-hybridized carbons (Fsp3) is 0.286. The Morgan fingerprint density at radius 1 is 1.29 bits per heavy atom. The van der Waals surface area contributed by atoms with Crippen molar-refractivity contribution in [2.24, 2.45) is 4.99 Å². The Morgan fingerprint density at radius 2 is 1.86 bits per heavy atom. The molecule has 0 aliphatic carbocycles. The zero-order valence-corrected chi connectivity index (χ0v) is 11.4. The smallest absolute Gasteiger partial charge is 0.449 e. The van der Waals surface area contributed by atoms with Gasteiger partial charge in [0.15, 0.2) is 0 Å². The Morgan fingerprint density at radius 3 is 2.33 bits per heavy atom. The van der Waals surface area contributed by atoms with Crippen molar-refractivity contribution in [2.75, 3.05) is 7.05 Å². The number of aliphatic hydroxyl groups excluding tert-OH is 1. The van der Waals surface area contributed by atoms with E-state index in [9.17, 15) is 23.1 Å². The first-order valence-corrected chi connectivity index (χ1v) is 5.92. The number of benzene rings is 1. The number of allylic oxidation sites excluding steroid dienone is 1. The third-order valence-electron chi connectivity index (χ3n) is 2.62. The molecular formula is C14H14F3NO3. The van der Waals surface area contributed by atoms with Gasteiger partial charge in [-0.25, -0.2) is 4.79 Å². The van der Waals surface area contributed by atoms with Crippen LogP contribution in [0.25, 0.3) is 0 Å². The summed E-state index contributed by atoms with van der Waals surface area (Å²) in [6.07, 6.45) is -5.05. The molecule has 1 aromatic rings. The van der Waals surface area contributed by atoms with Gasteiger partial charge in [-0.3, -0.25) is 4.99 Å². The second-order valence-corrected chi connectivity index (χ2v) is 4.09. The second-order valence-electron chi connectivity index (χ2n) is 4.09. The Balaban J connectivity index is 2.98.